The van der Waals surface area contributed by atoms with Gasteiger partial charge in [-0.1, -0.05) is 0 Å². The zero-order valence-electron chi connectivity index (χ0n) is 4.20. The molecule has 0 radical (unpaired) electrons. The van der Waals surface area contributed by atoms with Crippen LogP contribution in [0.3, 0.4) is 0 Å². The van der Waals surface area contributed by atoms with E-state index in [1.807, 2.05) is 0 Å². The third-order valence-electron chi connectivity index (χ3n) is 0.675. The average molecular weight is 114 g/mol. The van der Waals surface area contributed by atoms with Crippen LogP contribution in [0.4, 0.5) is 0 Å². The number of ether oxygens (including phenoxy) is 2. The van der Waals surface area contributed by atoms with Gasteiger partial charge in [0.15, 0.2) is 5.76 Å². The van der Waals surface area contributed by atoms with Crippen molar-refractivity contribution in [3.05, 3.63) is 24.4 Å². The molecule has 8 heavy (non-hydrogen) atoms. The predicted octanol–water partition coefficient (Wildman–Crippen LogP) is 0.904. The molecule has 0 saturated heterocycles. The lowest BCUT2D eigenvalue weighted by molar-refractivity contribution is 0.0464. The first-order valence-electron chi connectivity index (χ1n) is 2.18. The van der Waals surface area contributed by atoms with E-state index >= 15 is 0 Å². The lowest BCUT2D eigenvalue weighted by atomic mass is 10.5. The molecule has 0 amide bonds. The van der Waals surface area contributed by atoms with Crippen LogP contribution in [0.5, 0.6) is 0 Å². The van der Waals surface area contributed by atoms with Crippen molar-refractivity contribution in [2.24, 2.45) is 0 Å². The minimum atomic E-state index is 0.0718. The average Bonchev–Trinajstić information content (AvgIpc) is 1.94. The van der Waals surface area contributed by atoms with Crippen molar-refractivity contribution < 1.29 is 14.6 Å². The van der Waals surface area contributed by atoms with Crippen LogP contribution in [0.25, 0.3) is 0 Å². The van der Waals surface area contributed by atoms with Crippen molar-refractivity contribution in [3.8, 4) is 0 Å². The summed E-state index contributed by atoms with van der Waals surface area (Å²) in [6, 6.07) is 0. The lowest BCUT2D eigenvalue weighted by Gasteiger charge is -1.93. The number of hydrogen-bond donors (Lipinski definition) is 1. The summed E-state index contributed by atoms with van der Waals surface area (Å²) in [6.07, 6.45) is 4.01. The second-order valence-corrected chi connectivity index (χ2v) is 1.30. The summed E-state index contributed by atoms with van der Waals surface area (Å²) in [5.41, 5.74) is 0. The van der Waals surface area contributed by atoms with Crippen LogP contribution in [0.2, 0.25) is 0 Å². The summed E-state index contributed by atoms with van der Waals surface area (Å²) < 4.78 is 9.26. The van der Waals surface area contributed by atoms with Crippen LogP contribution >= 0.6 is 0 Å². The second kappa shape index (κ2) is 2.26. The first kappa shape index (κ1) is 5.03. The number of hydrogen-bond acceptors (Lipinski definition) is 3. The van der Waals surface area contributed by atoms with Gasteiger partial charge >= 0.3 is 0 Å². The summed E-state index contributed by atoms with van der Waals surface area (Å²) in [5, 5.41) is 8.66. The van der Waals surface area contributed by atoms with Crippen molar-refractivity contribution in [2.45, 2.75) is 0 Å². The van der Waals surface area contributed by atoms with Gasteiger partial charge in [0, 0.05) is 6.08 Å². The molecule has 44 valence electrons. The quantitative estimate of drug-likeness (QED) is 0.508. The Balaban J connectivity index is 2.55. The van der Waals surface area contributed by atoms with Gasteiger partial charge in [0.1, 0.15) is 6.26 Å². The van der Waals surface area contributed by atoms with Crippen molar-refractivity contribution in [1.82, 2.24) is 0 Å². The Morgan fingerprint density at radius 3 is 3.25 bits per heavy atom. The fourth-order valence-electron chi connectivity index (χ4n) is 0.355. The maximum atomic E-state index is 8.66. The molecule has 0 fully saturated rings. The van der Waals surface area contributed by atoms with Gasteiger partial charge in [-0.15, -0.1) is 0 Å². The van der Waals surface area contributed by atoms with Gasteiger partial charge in [-0.25, -0.2) is 0 Å². The van der Waals surface area contributed by atoms with Crippen LogP contribution in [0.15, 0.2) is 24.4 Å². The van der Waals surface area contributed by atoms with Crippen molar-refractivity contribution in [1.29, 1.82) is 0 Å². The first-order chi connectivity index (χ1) is 3.89. The summed E-state index contributed by atoms with van der Waals surface area (Å²) in [6.45, 7) is 0.167. The number of aliphatic hydroxyl groups is 1. The summed E-state index contributed by atoms with van der Waals surface area (Å²) in [5.74, 6) is 0.0718. The Bertz CT molecular complexity index is 126. The van der Waals surface area contributed by atoms with E-state index in [-0.39, 0.29) is 12.6 Å². The van der Waals surface area contributed by atoms with Gasteiger partial charge in [0.05, 0.1) is 6.26 Å². The van der Waals surface area contributed by atoms with E-state index in [0.717, 1.165) is 0 Å². The second-order valence-electron chi connectivity index (χ2n) is 1.30. The van der Waals surface area contributed by atoms with E-state index in [1.54, 1.807) is 0 Å². The van der Waals surface area contributed by atoms with E-state index in [4.69, 9.17) is 5.11 Å². The zero-order chi connectivity index (χ0) is 5.82. The maximum absolute atomic E-state index is 8.66. The molecule has 1 rings (SSSR count). The molecule has 0 aliphatic carbocycles. The summed E-state index contributed by atoms with van der Waals surface area (Å²) in [4.78, 5) is 0. The molecular formula is C5H6O3. The van der Waals surface area contributed by atoms with Crippen LogP contribution in [0.1, 0.15) is 0 Å². The molecule has 0 atom stereocenters. The van der Waals surface area contributed by atoms with Crippen molar-refractivity contribution in [3.63, 3.8) is 0 Å². The zero-order valence-corrected chi connectivity index (χ0v) is 4.20. The van der Waals surface area contributed by atoms with E-state index in [9.17, 15) is 0 Å². The van der Waals surface area contributed by atoms with Crippen LogP contribution in [-0.2, 0) is 9.47 Å². The monoisotopic (exact) mass is 114 g/mol. The largest absolute Gasteiger partial charge is 0.505 e. The highest BCUT2D eigenvalue weighted by Crippen LogP contribution is 1.96. The van der Waals surface area contributed by atoms with Gasteiger partial charge in [-0.05, 0) is 0 Å². The molecule has 3 heteroatoms. The highest BCUT2D eigenvalue weighted by Gasteiger charge is 1.89. The van der Waals surface area contributed by atoms with Gasteiger partial charge in [-0.3, -0.25) is 0 Å². The number of rotatable bonds is 0. The Morgan fingerprint density at radius 2 is 2.38 bits per heavy atom. The first-order valence-corrected chi connectivity index (χ1v) is 2.18. The Morgan fingerprint density at radius 1 is 1.50 bits per heavy atom. The normalized spacial score (nSPS) is 17.8. The third kappa shape index (κ3) is 1.18. The highest BCUT2D eigenvalue weighted by atomic mass is 16.7. The van der Waals surface area contributed by atoms with Crippen LogP contribution < -0.4 is 0 Å². The van der Waals surface area contributed by atoms with Gasteiger partial charge in [0.2, 0.25) is 6.79 Å². The standard InChI is InChI=1S/C5H6O3/c6-5-1-2-7-4-8-3-5/h1-3,6H,4H2. The molecule has 0 aromatic carbocycles. The molecule has 0 spiro atoms. The fourth-order valence-corrected chi connectivity index (χ4v) is 0.355. The van der Waals surface area contributed by atoms with Gasteiger partial charge in [0.25, 0.3) is 0 Å². The third-order valence-corrected chi connectivity index (χ3v) is 0.675. The number of allylic oxidation sites excluding steroid dienone is 1. The van der Waals surface area contributed by atoms with E-state index < -0.39 is 0 Å². The maximum Gasteiger partial charge on any atom is 0.229 e. The Kier molecular flexibility index (Phi) is 1.42. The van der Waals surface area contributed by atoms with Crippen LogP contribution in [0, 0.1) is 0 Å². The van der Waals surface area contributed by atoms with E-state index in [1.165, 1.54) is 18.6 Å². The van der Waals surface area contributed by atoms with E-state index in [0.29, 0.717) is 0 Å². The minimum Gasteiger partial charge on any atom is -0.505 e. The molecule has 0 aromatic heterocycles. The van der Waals surface area contributed by atoms with Crippen molar-refractivity contribution >= 4 is 0 Å². The highest BCUT2D eigenvalue weighted by molar-refractivity contribution is 5.05. The molecule has 0 bridgehead atoms. The Hall–Kier alpha value is -1.12. The minimum absolute atomic E-state index is 0.0718. The molecule has 0 unspecified atom stereocenters. The Labute approximate surface area is 46.8 Å². The number of aliphatic hydroxyl groups excluding tert-OH is 1. The molecule has 1 heterocycles. The van der Waals surface area contributed by atoms with E-state index in [2.05, 4.69) is 9.47 Å². The topological polar surface area (TPSA) is 38.7 Å². The lowest BCUT2D eigenvalue weighted by Crippen LogP contribution is -1.84. The molecule has 1 N–H and O–H groups in total. The SMILES string of the molecule is OC1=COCOC=C1. The van der Waals surface area contributed by atoms with Gasteiger partial charge in [-0.2, -0.15) is 0 Å². The van der Waals surface area contributed by atoms with Gasteiger partial charge < -0.3 is 14.6 Å². The fraction of sp³-hybridized carbons (Fsp3) is 0.200. The summed E-state index contributed by atoms with van der Waals surface area (Å²) in [7, 11) is 0. The summed E-state index contributed by atoms with van der Waals surface area (Å²) >= 11 is 0. The molecule has 3 nitrogen and oxygen atoms in total. The predicted molar refractivity (Wildman–Crippen MR) is 26.9 cm³/mol. The molecule has 1 aliphatic rings. The molecule has 1 aliphatic heterocycles. The van der Waals surface area contributed by atoms with Crippen molar-refractivity contribution in [2.75, 3.05) is 6.79 Å². The molecule has 0 saturated carbocycles. The molecular weight excluding hydrogens is 108 g/mol. The molecule has 0 aromatic rings. The van der Waals surface area contributed by atoms with Crippen LogP contribution in [-0.4, -0.2) is 11.9 Å². The smallest absolute Gasteiger partial charge is 0.229 e.